The Morgan fingerprint density at radius 3 is 2.40 bits per heavy atom. The van der Waals surface area contributed by atoms with Crippen molar-refractivity contribution >= 4 is 18.0 Å². The molecule has 12 N–H and O–H groups in total. The molecule has 2 rings (SSSR count). The Balaban J connectivity index is 2.22. The molecule has 18 heteroatoms. The van der Waals surface area contributed by atoms with E-state index in [0.29, 0.717) is 4.57 Å². The number of nitrogens with two attached hydrogens (primary N) is 2. The van der Waals surface area contributed by atoms with Gasteiger partial charge in [0.1, 0.15) is 43.2 Å². The number of primary amides is 1. The summed E-state index contributed by atoms with van der Waals surface area (Å²) >= 11 is 0. The second-order valence-corrected chi connectivity index (χ2v) is 7.49. The summed E-state index contributed by atoms with van der Waals surface area (Å²) in [6.45, 7) is -1.63. The highest BCUT2D eigenvalue weighted by Gasteiger charge is 2.50. The molecule has 0 spiro atoms. The van der Waals surface area contributed by atoms with Crippen LogP contribution >= 0.6 is 0 Å². The molecule has 0 bridgehead atoms. The van der Waals surface area contributed by atoms with Gasteiger partial charge in [0.05, 0.1) is 12.2 Å². The standard InChI is InChI=1S/C17H25N5O13/c18-6(8(25)5(24)3-34-16(19)32)13(29)20-7(15(30)31)11-9(26)10(27)14(35-11)22-1-4(2-23)12(28)21-17(22)33/h1,5-11,14,23-27H,2-3,18H2,(H2,19,32)(H,20,29)(H,30,31)(H,21,28,33)/t5-,6-,7-,8-,9+,10+,11-,14-/m0/s1. The number of ether oxygens (including phenoxy) is 2. The number of aliphatic carboxylic acids is 1. The number of rotatable bonds is 10. The molecule has 0 radical (unpaired) electrons. The van der Waals surface area contributed by atoms with Gasteiger partial charge >= 0.3 is 17.8 Å². The number of aliphatic hydroxyl groups is 5. The second-order valence-electron chi connectivity index (χ2n) is 7.49. The number of carboxylic acid groups (broad SMARTS) is 1. The van der Waals surface area contributed by atoms with Gasteiger partial charge in [0.25, 0.3) is 5.56 Å². The normalized spacial score (nSPS) is 25.3. The van der Waals surface area contributed by atoms with Crippen LogP contribution in [-0.4, -0.2) is 107 Å². The van der Waals surface area contributed by atoms with E-state index in [9.17, 15) is 54.6 Å². The van der Waals surface area contributed by atoms with E-state index < -0.39 is 91.3 Å². The van der Waals surface area contributed by atoms with Crippen LogP contribution in [0.25, 0.3) is 0 Å². The minimum Gasteiger partial charge on any atom is -0.480 e. The number of aromatic amines is 1. The van der Waals surface area contributed by atoms with Crippen LogP contribution in [0.2, 0.25) is 0 Å². The van der Waals surface area contributed by atoms with Crippen LogP contribution in [0.3, 0.4) is 0 Å². The lowest BCUT2D eigenvalue weighted by atomic mass is 10.0. The van der Waals surface area contributed by atoms with E-state index >= 15 is 0 Å². The van der Waals surface area contributed by atoms with Gasteiger partial charge in [0.15, 0.2) is 12.3 Å². The maximum atomic E-state index is 12.4. The predicted molar refractivity (Wildman–Crippen MR) is 108 cm³/mol. The Morgan fingerprint density at radius 2 is 1.86 bits per heavy atom. The molecule has 1 fully saturated rings. The first-order valence-electron chi connectivity index (χ1n) is 9.84. The molecule has 8 atom stereocenters. The van der Waals surface area contributed by atoms with Crippen molar-refractivity contribution in [1.82, 2.24) is 14.9 Å². The van der Waals surface area contributed by atoms with E-state index in [-0.39, 0.29) is 5.56 Å². The highest BCUT2D eigenvalue weighted by atomic mass is 16.6. The van der Waals surface area contributed by atoms with Crippen LogP contribution in [0.15, 0.2) is 15.8 Å². The maximum Gasteiger partial charge on any atom is 0.404 e. The fourth-order valence-corrected chi connectivity index (χ4v) is 3.21. The minimum atomic E-state index is -2.09. The SMILES string of the molecule is NC(=O)OC[C@H](O)[C@H](O)[C@H](N)C(=O)N[C@H](C(=O)O)[C@@H]1O[C@H](n2cc(CO)c(=O)[nH]c2=O)[C@H](O)[C@H]1O. The molecule has 2 heterocycles. The third-order valence-electron chi connectivity index (χ3n) is 5.11. The van der Waals surface area contributed by atoms with Gasteiger partial charge in [-0.3, -0.25) is 19.1 Å². The molecule has 1 aliphatic rings. The van der Waals surface area contributed by atoms with E-state index in [0.717, 1.165) is 6.20 Å². The van der Waals surface area contributed by atoms with Crippen molar-refractivity contribution in [1.29, 1.82) is 0 Å². The number of hydrogen-bond acceptors (Lipinski definition) is 13. The lowest BCUT2D eigenvalue weighted by Crippen LogP contribution is -2.60. The smallest absolute Gasteiger partial charge is 0.404 e. The lowest BCUT2D eigenvalue weighted by molar-refractivity contribution is -0.150. The zero-order valence-electron chi connectivity index (χ0n) is 17.8. The first-order valence-corrected chi connectivity index (χ1v) is 9.84. The first kappa shape index (κ1) is 27.9. The average Bonchev–Trinajstić information content (AvgIpc) is 3.08. The number of carboxylic acids is 1. The van der Waals surface area contributed by atoms with Crippen molar-refractivity contribution in [2.75, 3.05) is 6.61 Å². The van der Waals surface area contributed by atoms with Gasteiger partial charge in [-0.25, -0.2) is 14.4 Å². The van der Waals surface area contributed by atoms with Crippen molar-refractivity contribution in [2.45, 2.75) is 55.4 Å². The number of hydrogen-bond donors (Lipinski definition) is 10. The number of carbonyl (C=O) groups is 3. The third-order valence-corrected chi connectivity index (χ3v) is 5.11. The van der Waals surface area contributed by atoms with E-state index in [1.165, 1.54) is 0 Å². The highest BCUT2D eigenvalue weighted by molar-refractivity contribution is 5.87. The quantitative estimate of drug-likeness (QED) is 0.141. The van der Waals surface area contributed by atoms with Crippen molar-refractivity contribution in [3.8, 4) is 0 Å². The maximum absolute atomic E-state index is 12.4. The molecule has 0 aliphatic carbocycles. The Labute approximate surface area is 194 Å². The summed E-state index contributed by atoms with van der Waals surface area (Å²) in [6, 6.07) is -4.05. The Morgan fingerprint density at radius 1 is 1.23 bits per heavy atom. The van der Waals surface area contributed by atoms with Gasteiger partial charge in [-0.2, -0.15) is 0 Å². The molecule has 35 heavy (non-hydrogen) atoms. The molecule has 0 aromatic carbocycles. The number of aromatic nitrogens is 2. The Kier molecular flexibility index (Phi) is 9.04. The Bertz CT molecular complexity index is 1060. The van der Waals surface area contributed by atoms with Crippen LogP contribution in [0.1, 0.15) is 11.8 Å². The summed E-state index contributed by atoms with van der Waals surface area (Å²) in [5.74, 6) is -3.13. The fraction of sp³-hybridized carbons (Fsp3) is 0.588. The Hall–Kier alpha value is -3.39. The van der Waals surface area contributed by atoms with Crippen LogP contribution in [0.5, 0.6) is 0 Å². The van der Waals surface area contributed by atoms with Gasteiger partial charge in [0.2, 0.25) is 5.91 Å². The summed E-state index contributed by atoms with van der Waals surface area (Å²) in [4.78, 5) is 60.3. The molecule has 0 saturated carbocycles. The lowest BCUT2D eigenvalue weighted by Gasteiger charge is -2.27. The molecular formula is C17H25N5O13. The van der Waals surface area contributed by atoms with Gasteiger partial charge in [-0.05, 0) is 0 Å². The van der Waals surface area contributed by atoms with Crippen molar-refractivity contribution < 1.29 is 54.5 Å². The fourth-order valence-electron chi connectivity index (χ4n) is 3.21. The van der Waals surface area contributed by atoms with E-state index in [2.05, 4.69) is 4.74 Å². The molecule has 1 saturated heterocycles. The molecule has 1 aliphatic heterocycles. The molecule has 0 unspecified atom stereocenters. The van der Waals surface area contributed by atoms with Crippen molar-refractivity contribution in [2.24, 2.45) is 11.5 Å². The number of carbonyl (C=O) groups excluding carboxylic acids is 2. The van der Waals surface area contributed by atoms with Gasteiger partial charge in [-0.1, -0.05) is 0 Å². The largest absolute Gasteiger partial charge is 0.480 e. The van der Waals surface area contributed by atoms with Crippen LogP contribution < -0.4 is 28.0 Å². The van der Waals surface area contributed by atoms with E-state index in [1.54, 1.807) is 0 Å². The van der Waals surface area contributed by atoms with Crippen LogP contribution in [0, 0.1) is 0 Å². The van der Waals surface area contributed by atoms with Crippen LogP contribution in [0.4, 0.5) is 4.79 Å². The summed E-state index contributed by atoms with van der Waals surface area (Å²) in [5, 5.41) is 61.0. The third kappa shape index (κ3) is 6.19. The van der Waals surface area contributed by atoms with E-state index in [4.69, 9.17) is 16.2 Å². The second kappa shape index (κ2) is 11.4. The molecular weight excluding hydrogens is 482 g/mol. The highest BCUT2D eigenvalue weighted by Crippen LogP contribution is 2.30. The predicted octanol–water partition coefficient (Wildman–Crippen LogP) is -6.64. The minimum absolute atomic E-state index is 0.305. The van der Waals surface area contributed by atoms with Gasteiger partial charge < -0.3 is 56.9 Å². The molecule has 1 aromatic rings. The zero-order valence-corrected chi connectivity index (χ0v) is 17.8. The van der Waals surface area contributed by atoms with E-state index in [1.807, 2.05) is 10.3 Å². The van der Waals surface area contributed by atoms with Crippen LogP contribution in [-0.2, 0) is 25.7 Å². The number of aliphatic hydroxyl groups excluding tert-OH is 5. The van der Waals surface area contributed by atoms with Gasteiger partial charge in [-0.15, -0.1) is 0 Å². The topological polar surface area (TPSA) is 310 Å². The average molecular weight is 507 g/mol. The molecule has 1 aromatic heterocycles. The van der Waals surface area contributed by atoms with Crippen molar-refractivity contribution in [3.05, 3.63) is 32.6 Å². The first-order chi connectivity index (χ1) is 16.3. The summed E-state index contributed by atoms with van der Waals surface area (Å²) in [5.41, 5.74) is 7.89. The van der Waals surface area contributed by atoms with Crippen molar-refractivity contribution in [3.63, 3.8) is 0 Å². The summed E-state index contributed by atoms with van der Waals surface area (Å²) < 4.78 is 10.2. The summed E-state index contributed by atoms with van der Waals surface area (Å²) in [6.07, 6.45) is -11.9. The van der Waals surface area contributed by atoms with Gasteiger partial charge in [0, 0.05) is 6.20 Å². The molecule has 18 nitrogen and oxygen atoms in total. The summed E-state index contributed by atoms with van der Waals surface area (Å²) in [7, 11) is 0. The number of amides is 2. The number of H-pyrrole nitrogens is 1. The number of nitrogens with zero attached hydrogens (tertiary/aromatic N) is 1. The molecule has 2 amide bonds. The number of nitrogens with one attached hydrogen (secondary N) is 2. The monoisotopic (exact) mass is 507 g/mol. The molecule has 196 valence electrons. The zero-order chi connectivity index (χ0) is 26.6.